The van der Waals surface area contributed by atoms with Crippen LogP contribution in [-0.2, 0) is 15.3 Å². The summed E-state index contributed by atoms with van der Waals surface area (Å²) < 4.78 is 26.1. The van der Waals surface area contributed by atoms with E-state index in [-0.39, 0.29) is 12.4 Å². The fourth-order valence-electron chi connectivity index (χ4n) is 3.13. The smallest absolute Gasteiger partial charge is 0.327 e. The van der Waals surface area contributed by atoms with Crippen LogP contribution in [0.5, 0.6) is 0 Å². The summed E-state index contributed by atoms with van der Waals surface area (Å²) in [4.78, 5) is 12.7. The van der Waals surface area contributed by atoms with Crippen LogP contribution in [0.4, 0.5) is 9.18 Å². The van der Waals surface area contributed by atoms with Gasteiger partial charge in [-0.1, -0.05) is 41.9 Å². The first-order valence-corrected chi connectivity index (χ1v) is 8.55. The second-order valence-electron chi connectivity index (χ2n) is 5.98. The summed E-state index contributed by atoms with van der Waals surface area (Å²) in [6.45, 7) is 0.848. The molecule has 0 unspecified atom stereocenters. The largest absolute Gasteiger partial charge is 0.342 e. The lowest BCUT2D eigenvalue weighted by molar-refractivity contribution is -0.160. The molecule has 0 spiro atoms. The van der Waals surface area contributed by atoms with Gasteiger partial charge in [0.15, 0.2) is 0 Å². The van der Waals surface area contributed by atoms with Crippen LogP contribution < -0.4 is 5.32 Å². The monoisotopic (exact) mass is 374 g/mol. The highest BCUT2D eigenvalue weighted by Crippen LogP contribution is 2.31. The number of hydrogen-bond acceptors (Lipinski definition) is 3. The number of hydrogen-bond donors (Lipinski definition) is 1. The quantitative estimate of drug-likeness (QED) is 0.756. The third kappa shape index (κ3) is 2.96. The molecule has 2 heterocycles. The summed E-state index contributed by atoms with van der Waals surface area (Å²) in [7, 11) is 0. The Hall–Kier alpha value is -2.41. The van der Waals surface area contributed by atoms with Gasteiger partial charge < -0.3 is 14.8 Å². The average molecular weight is 375 g/mol. The van der Waals surface area contributed by atoms with Gasteiger partial charge >= 0.3 is 6.03 Å². The van der Waals surface area contributed by atoms with E-state index < -0.39 is 11.8 Å². The van der Waals surface area contributed by atoms with Gasteiger partial charge in [-0.2, -0.15) is 0 Å². The first kappa shape index (κ1) is 17.0. The molecule has 134 valence electrons. The molecule has 2 aromatic carbocycles. The maximum Gasteiger partial charge on any atom is 0.327 e. The van der Waals surface area contributed by atoms with Crippen molar-refractivity contribution in [2.24, 2.45) is 0 Å². The molecule has 1 aliphatic heterocycles. The highest BCUT2D eigenvalue weighted by Gasteiger charge is 2.39. The van der Waals surface area contributed by atoms with Crippen molar-refractivity contribution < 1.29 is 18.7 Å². The number of rotatable bonds is 3. The number of nitrogens with zero attached hydrogens (tertiary/aromatic N) is 1. The molecular weight excluding hydrogens is 359 g/mol. The van der Waals surface area contributed by atoms with E-state index >= 15 is 0 Å². The van der Waals surface area contributed by atoms with Crippen molar-refractivity contribution in [3.05, 3.63) is 71.1 Å². The third-order valence-electron chi connectivity index (χ3n) is 4.38. The predicted octanol–water partition coefficient (Wildman–Crippen LogP) is 3.89. The van der Waals surface area contributed by atoms with Crippen LogP contribution in [0.15, 0.2) is 54.6 Å². The third-order valence-corrected chi connectivity index (χ3v) is 4.66. The number of carbonyl (C=O) groups is 1. The van der Waals surface area contributed by atoms with Crippen LogP contribution in [0.2, 0.25) is 5.15 Å². The maximum absolute atomic E-state index is 13.2. The molecule has 0 bridgehead atoms. The minimum Gasteiger partial charge on any atom is -0.342 e. The molecule has 1 aromatic heterocycles. The lowest BCUT2D eigenvalue weighted by Gasteiger charge is -2.28. The van der Waals surface area contributed by atoms with E-state index in [9.17, 15) is 9.18 Å². The van der Waals surface area contributed by atoms with E-state index in [1.165, 1.54) is 16.7 Å². The first-order valence-electron chi connectivity index (χ1n) is 8.17. The van der Waals surface area contributed by atoms with Crippen LogP contribution in [0.1, 0.15) is 5.56 Å². The van der Waals surface area contributed by atoms with Gasteiger partial charge in [0, 0.05) is 10.9 Å². The van der Waals surface area contributed by atoms with Gasteiger partial charge in [-0.3, -0.25) is 4.57 Å². The fourth-order valence-corrected chi connectivity index (χ4v) is 3.41. The number of carbonyl (C=O) groups excluding carboxylic acids is 1. The number of amides is 1. The van der Waals surface area contributed by atoms with Gasteiger partial charge in [0.2, 0.25) is 5.79 Å². The van der Waals surface area contributed by atoms with E-state index in [1.807, 2.05) is 24.3 Å². The van der Waals surface area contributed by atoms with Crippen LogP contribution in [0.25, 0.3) is 10.9 Å². The lowest BCUT2D eigenvalue weighted by Crippen LogP contribution is -2.43. The fraction of sp³-hybridized carbons (Fsp3) is 0.211. The lowest BCUT2D eigenvalue weighted by atomic mass is 10.1. The number of ether oxygens (including phenoxy) is 2. The molecule has 0 atom stereocenters. The molecule has 1 saturated heterocycles. The van der Waals surface area contributed by atoms with Crippen molar-refractivity contribution in [1.82, 2.24) is 9.88 Å². The second-order valence-corrected chi connectivity index (χ2v) is 6.36. The highest BCUT2D eigenvalue weighted by atomic mass is 35.5. The van der Waals surface area contributed by atoms with Crippen molar-refractivity contribution in [3.63, 3.8) is 0 Å². The van der Waals surface area contributed by atoms with Gasteiger partial charge in [-0.25, -0.2) is 9.18 Å². The molecule has 1 fully saturated rings. The summed E-state index contributed by atoms with van der Waals surface area (Å²) in [5.41, 5.74) is 1.35. The van der Waals surface area contributed by atoms with Crippen LogP contribution in [-0.4, -0.2) is 30.4 Å². The number of halogens is 2. The molecule has 1 N–H and O–H groups in total. The van der Waals surface area contributed by atoms with Crippen LogP contribution >= 0.6 is 11.6 Å². The normalized spacial score (nSPS) is 16.1. The van der Waals surface area contributed by atoms with Crippen LogP contribution in [0, 0.1) is 5.82 Å². The summed E-state index contributed by atoms with van der Waals surface area (Å²) >= 11 is 6.22. The molecule has 0 aliphatic carbocycles. The molecule has 26 heavy (non-hydrogen) atoms. The van der Waals surface area contributed by atoms with Crippen molar-refractivity contribution in [1.29, 1.82) is 0 Å². The van der Waals surface area contributed by atoms with E-state index in [0.29, 0.717) is 29.4 Å². The number of nitrogens with one attached hydrogen (secondary N) is 1. The van der Waals surface area contributed by atoms with Gasteiger partial charge in [0.25, 0.3) is 0 Å². The summed E-state index contributed by atoms with van der Waals surface area (Å²) in [6, 6.07) is 14.6. The molecule has 3 aromatic rings. The number of benzene rings is 2. The Labute approximate surface area is 154 Å². The van der Waals surface area contributed by atoms with Gasteiger partial charge in [0.1, 0.15) is 11.0 Å². The SMILES string of the molecule is O=C(NCC1(c2ccc(F)cc2)OCCO1)n1c(Cl)cc2ccccc21. The van der Waals surface area contributed by atoms with Gasteiger partial charge in [-0.15, -0.1) is 0 Å². The molecule has 0 saturated carbocycles. The van der Waals surface area contributed by atoms with E-state index in [0.717, 1.165) is 5.39 Å². The summed E-state index contributed by atoms with van der Waals surface area (Å²) in [5, 5.41) is 3.99. The first-order chi connectivity index (χ1) is 12.6. The van der Waals surface area contributed by atoms with Crippen molar-refractivity contribution in [2.45, 2.75) is 5.79 Å². The van der Waals surface area contributed by atoms with Gasteiger partial charge in [0.05, 0.1) is 25.3 Å². The molecule has 1 aliphatic rings. The zero-order valence-corrected chi connectivity index (χ0v) is 14.5. The van der Waals surface area contributed by atoms with E-state index in [1.54, 1.807) is 18.2 Å². The predicted molar refractivity (Wildman–Crippen MR) is 95.7 cm³/mol. The Morgan fingerprint density at radius 2 is 1.85 bits per heavy atom. The van der Waals surface area contributed by atoms with Gasteiger partial charge in [-0.05, 0) is 24.3 Å². The Balaban J connectivity index is 1.59. The molecule has 1 amide bonds. The highest BCUT2D eigenvalue weighted by molar-refractivity contribution is 6.32. The number of fused-ring (bicyclic) bond motifs is 1. The zero-order valence-electron chi connectivity index (χ0n) is 13.7. The molecule has 5 nitrogen and oxygen atoms in total. The zero-order chi connectivity index (χ0) is 18.1. The minimum atomic E-state index is -1.14. The van der Waals surface area contributed by atoms with Crippen molar-refractivity contribution in [2.75, 3.05) is 19.8 Å². The van der Waals surface area contributed by atoms with Crippen LogP contribution in [0.3, 0.4) is 0 Å². The molecule has 0 radical (unpaired) electrons. The molecule has 4 rings (SSSR count). The molecular formula is C19H16ClFN2O3. The minimum absolute atomic E-state index is 0.0697. The summed E-state index contributed by atoms with van der Waals surface area (Å²) in [5.74, 6) is -1.49. The van der Waals surface area contributed by atoms with Crippen molar-refractivity contribution >= 4 is 28.5 Å². The Morgan fingerprint density at radius 3 is 2.58 bits per heavy atom. The molecule has 7 heteroatoms. The topological polar surface area (TPSA) is 52.5 Å². The Bertz CT molecular complexity index is 949. The number of aromatic nitrogens is 1. The summed E-state index contributed by atoms with van der Waals surface area (Å²) in [6.07, 6.45) is 0. The standard InChI is InChI=1S/C19H16ClFN2O3/c20-17-11-13-3-1-2-4-16(13)23(17)18(24)22-12-19(25-9-10-26-19)14-5-7-15(21)8-6-14/h1-8,11H,9-10,12H2,(H,22,24). The Kier molecular flexibility index (Phi) is 4.40. The average Bonchev–Trinajstić information content (AvgIpc) is 3.25. The van der Waals surface area contributed by atoms with E-state index in [2.05, 4.69) is 5.32 Å². The second kappa shape index (κ2) is 6.72. The maximum atomic E-state index is 13.2. The number of para-hydroxylation sites is 1. The Morgan fingerprint density at radius 1 is 1.15 bits per heavy atom. The van der Waals surface area contributed by atoms with E-state index in [4.69, 9.17) is 21.1 Å². The van der Waals surface area contributed by atoms with Crippen molar-refractivity contribution in [3.8, 4) is 0 Å².